The van der Waals surface area contributed by atoms with E-state index in [2.05, 4.69) is 5.32 Å². The average Bonchev–Trinajstić information content (AvgIpc) is 2.55. The summed E-state index contributed by atoms with van der Waals surface area (Å²) in [6, 6.07) is 9.08. The molecule has 0 saturated carbocycles. The quantitative estimate of drug-likeness (QED) is 0.835. The average molecular weight is 336 g/mol. The topological polar surface area (TPSA) is 47.6 Å². The first kappa shape index (κ1) is 16.8. The van der Waals surface area contributed by atoms with Gasteiger partial charge in [-0.15, -0.1) is 0 Å². The Bertz CT molecular complexity index is 747. The molecule has 0 fully saturated rings. The molecule has 0 bridgehead atoms. The molecule has 120 valence electrons. The zero-order valence-corrected chi connectivity index (χ0v) is 13.4. The first-order chi connectivity index (χ1) is 11.0. The molecule has 0 atom stereocenters. The third kappa shape index (κ3) is 4.23. The van der Waals surface area contributed by atoms with Crippen molar-refractivity contribution in [2.75, 3.05) is 19.5 Å². The lowest BCUT2D eigenvalue weighted by molar-refractivity contribution is -0.111. The van der Waals surface area contributed by atoms with Gasteiger partial charge in [0.05, 0.1) is 24.9 Å². The van der Waals surface area contributed by atoms with Crippen LogP contribution < -0.4 is 14.8 Å². The summed E-state index contributed by atoms with van der Waals surface area (Å²) in [6.45, 7) is 0. The van der Waals surface area contributed by atoms with E-state index in [1.807, 2.05) is 0 Å². The summed E-state index contributed by atoms with van der Waals surface area (Å²) >= 11 is 5.86. The van der Waals surface area contributed by atoms with Crippen LogP contribution in [0, 0.1) is 5.82 Å². The Hall–Kier alpha value is -2.53. The second-order valence-electron chi connectivity index (χ2n) is 4.53. The zero-order valence-electron chi connectivity index (χ0n) is 12.6. The number of rotatable bonds is 5. The molecule has 23 heavy (non-hydrogen) atoms. The number of benzene rings is 2. The van der Waals surface area contributed by atoms with Crippen LogP contribution in [-0.2, 0) is 4.79 Å². The van der Waals surface area contributed by atoms with E-state index < -0.39 is 11.7 Å². The Morgan fingerprint density at radius 3 is 2.65 bits per heavy atom. The Morgan fingerprint density at radius 2 is 2.00 bits per heavy atom. The fourth-order valence-corrected chi connectivity index (χ4v) is 2.19. The number of ether oxygens (including phenoxy) is 2. The van der Waals surface area contributed by atoms with Crippen LogP contribution in [0.5, 0.6) is 11.5 Å². The van der Waals surface area contributed by atoms with Gasteiger partial charge in [-0.1, -0.05) is 23.7 Å². The first-order valence-corrected chi connectivity index (χ1v) is 7.08. The minimum absolute atomic E-state index is 0.130. The predicted molar refractivity (Wildman–Crippen MR) is 88.6 cm³/mol. The molecule has 1 amide bonds. The van der Waals surface area contributed by atoms with Crippen molar-refractivity contribution in [2.45, 2.75) is 0 Å². The number of carbonyl (C=O) groups excluding carboxylic acids is 1. The maximum absolute atomic E-state index is 13.0. The summed E-state index contributed by atoms with van der Waals surface area (Å²) < 4.78 is 23.4. The number of carbonyl (C=O) groups is 1. The molecular formula is C17H15ClFNO3. The molecular weight excluding hydrogens is 321 g/mol. The van der Waals surface area contributed by atoms with Crippen LogP contribution in [0.2, 0.25) is 5.02 Å². The number of anilines is 1. The van der Waals surface area contributed by atoms with Gasteiger partial charge in [-0.2, -0.15) is 0 Å². The molecule has 0 heterocycles. The van der Waals surface area contributed by atoms with Crippen molar-refractivity contribution in [3.63, 3.8) is 0 Å². The summed E-state index contributed by atoms with van der Waals surface area (Å²) in [5, 5.41) is 2.71. The molecule has 0 aliphatic carbocycles. The number of hydrogen-bond acceptors (Lipinski definition) is 3. The Labute approximate surface area is 138 Å². The highest BCUT2D eigenvalue weighted by atomic mass is 35.5. The lowest BCUT2D eigenvalue weighted by atomic mass is 10.1. The summed E-state index contributed by atoms with van der Waals surface area (Å²) in [6.07, 6.45) is 2.92. The molecule has 0 saturated heterocycles. The van der Waals surface area contributed by atoms with Crippen molar-refractivity contribution in [2.24, 2.45) is 0 Å². The van der Waals surface area contributed by atoms with Gasteiger partial charge < -0.3 is 14.8 Å². The van der Waals surface area contributed by atoms with Gasteiger partial charge in [-0.25, -0.2) is 4.39 Å². The van der Waals surface area contributed by atoms with E-state index >= 15 is 0 Å². The van der Waals surface area contributed by atoms with Gasteiger partial charge in [0.2, 0.25) is 5.91 Å². The second kappa shape index (κ2) is 7.65. The largest absolute Gasteiger partial charge is 0.493 e. The summed E-state index contributed by atoms with van der Waals surface area (Å²) in [7, 11) is 3.06. The fourth-order valence-electron chi connectivity index (χ4n) is 1.97. The number of para-hydroxylation sites is 1. The van der Waals surface area contributed by atoms with Crippen molar-refractivity contribution in [1.29, 1.82) is 0 Å². The standard InChI is InChI=1S/C17H15ClFNO3/c1-22-15-5-3-4-11(17(15)23-2)6-9-16(21)20-14-8-7-12(19)10-13(14)18/h3-10H,1-2H3,(H,20,21). The highest BCUT2D eigenvalue weighted by molar-refractivity contribution is 6.33. The van der Waals surface area contributed by atoms with Gasteiger partial charge in [0.25, 0.3) is 0 Å². The smallest absolute Gasteiger partial charge is 0.248 e. The molecule has 1 N–H and O–H groups in total. The predicted octanol–water partition coefficient (Wildman–Crippen LogP) is 4.15. The number of hydrogen-bond donors (Lipinski definition) is 1. The molecule has 0 unspecified atom stereocenters. The molecule has 2 aromatic rings. The summed E-state index contributed by atoms with van der Waals surface area (Å²) in [4.78, 5) is 12.0. The highest BCUT2D eigenvalue weighted by Gasteiger charge is 2.08. The molecule has 0 aromatic heterocycles. The lowest BCUT2D eigenvalue weighted by Crippen LogP contribution is -2.08. The molecule has 0 spiro atoms. The Balaban J connectivity index is 2.15. The SMILES string of the molecule is COc1cccc(C=CC(=O)Nc2ccc(F)cc2Cl)c1OC. The zero-order chi connectivity index (χ0) is 16.8. The molecule has 2 rings (SSSR count). The minimum atomic E-state index is -0.468. The van der Waals surface area contributed by atoms with Crippen molar-refractivity contribution in [1.82, 2.24) is 0 Å². The van der Waals surface area contributed by atoms with E-state index in [4.69, 9.17) is 21.1 Å². The molecule has 6 heteroatoms. The van der Waals surface area contributed by atoms with E-state index in [0.29, 0.717) is 22.7 Å². The van der Waals surface area contributed by atoms with Gasteiger partial charge in [-0.05, 0) is 30.3 Å². The molecule has 0 aliphatic rings. The number of methoxy groups -OCH3 is 2. The number of halogens is 2. The van der Waals surface area contributed by atoms with Crippen molar-refractivity contribution < 1.29 is 18.7 Å². The monoisotopic (exact) mass is 335 g/mol. The Morgan fingerprint density at radius 1 is 1.22 bits per heavy atom. The third-order valence-corrected chi connectivity index (χ3v) is 3.35. The molecule has 0 radical (unpaired) electrons. The normalized spacial score (nSPS) is 10.6. The molecule has 2 aromatic carbocycles. The number of amides is 1. The van der Waals surface area contributed by atoms with Crippen LogP contribution in [0.25, 0.3) is 6.08 Å². The highest BCUT2D eigenvalue weighted by Crippen LogP contribution is 2.31. The van der Waals surface area contributed by atoms with Gasteiger partial charge in [0.1, 0.15) is 5.82 Å². The van der Waals surface area contributed by atoms with E-state index in [9.17, 15) is 9.18 Å². The third-order valence-electron chi connectivity index (χ3n) is 3.04. The minimum Gasteiger partial charge on any atom is -0.493 e. The maximum Gasteiger partial charge on any atom is 0.248 e. The maximum atomic E-state index is 13.0. The van der Waals surface area contributed by atoms with E-state index in [-0.39, 0.29) is 5.02 Å². The van der Waals surface area contributed by atoms with Gasteiger partial charge in [-0.3, -0.25) is 4.79 Å². The second-order valence-corrected chi connectivity index (χ2v) is 4.94. The lowest BCUT2D eigenvalue weighted by Gasteiger charge is -2.10. The van der Waals surface area contributed by atoms with Crippen molar-refractivity contribution in [3.8, 4) is 11.5 Å². The van der Waals surface area contributed by atoms with Crippen LogP contribution in [0.1, 0.15) is 5.56 Å². The molecule has 4 nitrogen and oxygen atoms in total. The van der Waals surface area contributed by atoms with Crippen LogP contribution >= 0.6 is 11.6 Å². The fraction of sp³-hybridized carbons (Fsp3) is 0.118. The Kier molecular flexibility index (Phi) is 5.60. The van der Waals surface area contributed by atoms with Gasteiger partial charge in [0, 0.05) is 11.6 Å². The van der Waals surface area contributed by atoms with E-state index in [0.717, 1.165) is 6.07 Å². The van der Waals surface area contributed by atoms with Crippen LogP contribution in [-0.4, -0.2) is 20.1 Å². The number of nitrogens with one attached hydrogen (secondary N) is 1. The van der Waals surface area contributed by atoms with Crippen LogP contribution in [0.3, 0.4) is 0 Å². The summed E-state index contributed by atoms with van der Waals surface area (Å²) in [5.41, 5.74) is 1.02. The van der Waals surface area contributed by atoms with Crippen molar-refractivity contribution in [3.05, 3.63) is 58.9 Å². The van der Waals surface area contributed by atoms with Crippen LogP contribution in [0.15, 0.2) is 42.5 Å². The van der Waals surface area contributed by atoms with E-state index in [1.165, 1.54) is 32.4 Å². The molecule has 0 aliphatic heterocycles. The van der Waals surface area contributed by atoms with E-state index in [1.54, 1.807) is 24.3 Å². The van der Waals surface area contributed by atoms with Gasteiger partial charge >= 0.3 is 0 Å². The van der Waals surface area contributed by atoms with Crippen molar-refractivity contribution >= 4 is 29.3 Å². The first-order valence-electron chi connectivity index (χ1n) is 6.70. The van der Waals surface area contributed by atoms with Gasteiger partial charge in [0.15, 0.2) is 11.5 Å². The van der Waals surface area contributed by atoms with Crippen LogP contribution in [0.4, 0.5) is 10.1 Å². The summed E-state index contributed by atoms with van der Waals surface area (Å²) in [5.74, 6) is 0.226.